The predicted molar refractivity (Wildman–Crippen MR) is 70.0 cm³/mol. The largest absolute Gasteiger partial charge is 0.503 e. The van der Waals surface area contributed by atoms with Crippen LogP contribution in [0.1, 0.15) is 16.5 Å². The van der Waals surface area contributed by atoms with Gasteiger partial charge in [0, 0.05) is 4.88 Å². The summed E-state index contributed by atoms with van der Waals surface area (Å²) < 4.78 is 5.05. The molecule has 0 bridgehead atoms. The summed E-state index contributed by atoms with van der Waals surface area (Å²) in [5.74, 6) is 0.274. The molecule has 0 amide bonds. The van der Waals surface area contributed by atoms with Gasteiger partial charge in [-0.05, 0) is 29.1 Å². The van der Waals surface area contributed by atoms with Crippen molar-refractivity contribution in [3.63, 3.8) is 0 Å². The minimum Gasteiger partial charge on any atom is -0.503 e. The van der Waals surface area contributed by atoms with Gasteiger partial charge in [-0.1, -0.05) is 17.7 Å². The van der Waals surface area contributed by atoms with Crippen LogP contribution in [0.2, 0.25) is 5.02 Å². The Balaban J connectivity index is 2.43. The molecular weight excluding hydrogens is 258 g/mol. The van der Waals surface area contributed by atoms with E-state index in [0.29, 0.717) is 5.75 Å². The van der Waals surface area contributed by atoms with Crippen molar-refractivity contribution in [2.24, 2.45) is 5.73 Å². The highest BCUT2D eigenvalue weighted by atomic mass is 35.5. The third kappa shape index (κ3) is 2.39. The summed E-state index contributed by atoms with van der Waals surface area (Å²) in [5.41, 5.74) is 6.93. The van der Waals surface area contributed by atoms with E-state index in [4.69, 9.17) is 22.1 Å². The van der Waals surface area contributed by atoms with Crippen LogP contribution in [0.4, 0.5) is 0 Å². The number of methoxy groups -OCH3 is 1. The van der Waals surface area contributed by atoms with Gasteiger partial charge in [0.1, 0.15) is 0 Å². The molecule has 0 saturated heterocycles. The number of rotatable bonds is 3. The third-order valence-corrected chi connectivity index (χ3v) is 3.72. The normalized spacial score (nSPS) is 12.4. The van der Waals surface area contributed by atoms with Gasteiger partial charge < -0.3 is 15.6 Å². The third-order valence-electron chi connectivity index (χ3n) is 2.48. The summed E-state index contributed by atoms with van der Waals surface area (Å²) in [6.45, 7) is 0. The highest BCUT2D eigenvalue weighted by Crippen LogP contribution is 2.37. The summed E-state index contributed by atoms with van der Waals surface area (Å²) in [6.07, 6.45) is 0. The van der Waals surface area contributed by atoms with Gasteiger partial charge in [0.15, 0.2) is 11.5 Å². The summed E-state index contributed by atoms with van der Waals surface area (Å²) in [6, 6.07) is 7.00. The SMILES string of the molecule is COc1cc([C@@H](N)c2cccs2)cc(Cl)c1O. The average Bonchev–Trinajstić information content (AvgIpc) is 2.85. The summed E-state index contributed by atoms with van der Waals surface area (Å²) in [7, 11) is 1.48. The van der Waals surface area contributed by atoms with E-state index in [1.165, 1.54) is 7.11 Å². The number of aromatic hydroxyl groups is 1. The van der Waals surface area contributed by atoms with E-state index in [-0.39, 0.29) is 16.8 Å². The maximum atomic E-state index is 9.64. The van der Waals surface area contributed by atoms with E-state index >= 15 is 0 Å². The van der Waals surface area contributed by atoms with E-state index < -0.39 is 0 Å². The molecule has 0 spiro atoms. The fourth-order valence-electron chi connectivity index (χ4n) is 1.56. The van der Waals surface area contributed by atoms with Crippen molar-refractivity contribution in [3.8, 4) is 11.5 Å². The van der Waals surface area contributed by atoms with Gasteiger partial charge in [-0.15, -0.1) is 11.3 Å². The van der Waals surface area contributed by atoms with Crippen molar-refractivity contribution in [3.05, 3.63) is 45.1 Å². The Bertz CT molecular complexity index is 513. The second-order valence-corrected chi connectivity index (χ2v) is 4.93. The van der Waals surface area contributed by atoms with Crippen molar-refractivity contribution in [1.82, 2.24) is 0 Å². The topological polar surface area (TPSA) is 55.5 Å². The Hall–Kier alpha value is -1.23. The zero-order valence-electron chi connectivity index (χ0n) is 9.18. The van der Waals surface area contributed by atoms with E-state index in [1.54, 1.807) is 23.5 Å². The molecular formula is C12H12ClNO2S. The number of hydrogen-bond acceptors (Lipinski definition) is 4. The molecule has 1 heterocycles. The van der Waals surface area contributed by atoms with Crippen LogP contribution >= 0.6 is 22.9 Å². The highest BCUT2D eigenvalue weighted by molar-refractivity contribution is 7.10. The van der Waals surface area contributed by atoms with Crippen LogP contribution in [0.3, 0.4) is 0 Å². The first-order valence-electron chi connectivity index (χ1n) is 4.99. The summed E-state index contributed by atoms with van der Waals surface area (Å²) in [5, 5.41) is 11.8. The average molecular weight is 270 g/mol. The molecule has 0 saturated carbocycles. The van der Waals surface area contributed by atoms with Gasteiger partial charge in [0.05, 0.1) is 18.2 Å². The van der Waals surface area contributed by atoms with E-state index in [1.807, 2.05) is 17.5 Å². The molecule has 3 N–H and O–H groups in total. The molecule has 0 aliphatic heterocycles. The minimum absolute atomic E-state index is 0.0590. The lowest BCUT2D eigenvalue weighted by Crippen LogP contribution is -2.10. The van der Waals surface area contributed by atoms with Crippen LogP contribution in [-0.4, -0.2) is 12.2 Å². The van der Waals surface area contributed by atoms with E-state index in [2.05, 4.69) is 0 Å². The molecule has 2 aromatic rings. The monoisotopic (exact) mass is 269 g/mol. The van der Waals surface area contributed by atoms with Crippen molar-refractivity contribution in [1.29, 1.82) is 0 Å². The van der Waals surface area contributed by atoms with Crippen LogP contribution < -0.4 is 10.5 Å². The standard InChI is InChI=1S/C12H12ClNO2S/c1-16-9-6-7(5-8(13)12(9)15)11(14)10-3-2-4-17-10/h2-6,11,15H,14H2,1H3/t11-/m1/s1. The molecule has 0 aliphatic rings. The van der Waals surface area contributed by atoms with E-state index in [0.717, 1.165) is 10.4 Å². The Labute approximate surface area is 108 Å². The Morgan fingerprint density at radius 3 is 2.82 bits per heavy atom. The van der Waals surface area contributed by atoms with Crippen molar-refractivity contribution in [2.75, 3.05) is 7.11 Å². The second kappa shape index (κ2) is 4.96. The number of phenols is 1. The summed E-state index contributed by atoms with van der Waals surface area (Å²) in [4.78, 5) is 1.04. The first kappa shape index (κ1) is 12.2. The number of halogens is 1. The first-order chi connectivity index (χ1) is 8.13. The molecule has 90 valence electrons. The molecule has 17 heavy (non-hydrogen) atoms. The van der Waals surface area contributed by atoms with Gasteiger partial charge in [-0.25, -0.2) is 0 Å². The predicted octanol–water partition coefficient (Wildman–Crippen LogP) is 3.16. The lowest BCUT2D eigenvalue weighted by atomic mass is 10.1. The summed E-state index contributed by atoms with van der Waals surface area (Å²) >= 11 is 7.50. The quantitative estimate of drug-likeness (QED) is 0.900. The molecule has 1 aromatic heterocycles. The van der Waals surface area contributed by atoms with E-state index in [9.17, 15) is 5.11 Å². The maximum absolute atomic E-state index is 9.64. The van der Waals surface area contributed by atoms with Crippen molar-refractivity contribution >= 4 is 22.9 Å². The molecule has 3 nitrogen and oxygen atoms in total. The van der Waals surface area contributed by atoms with Crippen LogP contribution in [-0.2, 0) is 0 Å². The van der Waals surface area contributed by atoms with Crippen LogP contribution in [0.5, 0.6) is 11.5 Å². The van der Waals surface area contributed by atoms with Gasteiger partial charge in [0.2, 0.25) is 0 Å². The number of phenolic OH excluding ortho intramolecular Hbond substituents is 1. The Morgan fingerprint density at radius 2 is 2.24 bits per heavy atom. The maximum Gasteiger partial charge on any atom is 0.176 e. The lowest BCUT2D eigenvalue weighted by Gasteiger charge is -2.13. The smallest absolute Gasteiger partial charge is 0.176 e. The first-order valence-corrected chi connectivity index (χ1v) is 6.24. The van der Waals surface area contributed by atoms with Crippen molar-refractivity contribution in [2.45, 2.75) is 6.04 Å². The molecule has 0 unspecified atom stereocenters. The number of ether oxygens (including phenoxy) is 1. The van der Waals surface area contributed by atoms with Gasteiger partial charge >= 0.3 is 0 Å². The highest BCUT2D eigenvalue weighted by Gasteiger charge is 2.15. The minimum atomic E-state index is -0.262. The van der Waals surface area contributed by atoms with Gasteiger partial charge in [0.25, 0.3) is 0 Å². The molecule has 2 rings (SSSR count). The number of thiophene rings is 1. The number of nitrogens with two attached hydrogens (primary N) is 1. The Kier molecular flexibility index (Phi) is 3.57. The lowest BCUT2D eigenvalue weighted by molar-refractivity contribution is 0.373. The van der Waals surface area contributed by atoms with Crippen LogP contribution in [0.25, 0.3) is 0 Å². The second-order valence-electron chi connectivity index (χ2n) is 3.55. The molecule has 1 atom stereocenters. The molecule has 0 aliphatic carbocycles. The number of hydrogen-bond donors (Lipinski definition) is 2. The van der Waals surface area contributed by atoms with Gasteiger partial charge in [-0.2, -0.15) is 0 Å². The zero-order chi connectivity index (χ0) is 12.4. The van der Waals surface area contributed by atoms with Crippen LogP contribution in [0.15, 0.2) is 29.6 Å². The van der Waals surface area contributed by atoms with Crippen LogP contribution in [0, 0.1) is 0 Å². The fraction of sp³-hybridized carbons (Fsp3) is 0.167. The Morgan fingerprint density at radius 1 is 1.47 bits per heavy atom. The molecule has 5 heteroatoms. The fourth-order valence-corrected chi connectivity index (χ4v) is 2.53. The molecule has 1 aromatic carbocycles. The molecule has 0 radical (unpaired) electrons. The number of benzene rings is 1. The van der Waals surface area contributed by atoms with Crippen molar-refractivity contribution < 1.29 is 9.84 Å². The van der Waals surface area contributed by atoms with Gasteiger partial charge in [-0.3, -0.25) is 0 Å². The zero-order valence-corrected chi connectivity index (χ0v) is 10.8. The molecule has 0 fully saturated rings.